The molecule has 0 radical (unpaired) electrons. The summed E-state index contributed by atoms with van der Waals surface area (Å²) in [7, 11) is 0. The molecular formula is C26H37N3S. The van der Waals surface area contributed by atoms with E-state index in [2.05, 4.69) is 41.3 Å². The largest absolute Gasteiger partial charge is 0.383 e. The van der Waals surface area contributed by atoms with E-state index < -0.39 is 0 Å². The van der Waals surface area contributed by atoms with Crippen molar-refractivity contribution in [3.63, 3.8) is 0 Å². The first-order valence-electron chi connectivity index (χ1n) is 11.4. The number of amidine groups is 1. The predicted octanol–water partition coefficient (Wildman–Crippen LogP) is 8.30. The van der Waals surface area contributed by atoms with Gasteiger partial charge in [-0.25, -0.2) is 4.99 Å². The van der Waals surface area contributed by atoms with Gasteiger partial charge in [0.15, 0.2) is 0 Å². The van der Waals surface area contributed by atoms with Gasteiger partial charge in [-0.05, 0) is 60.4 Å². The fraction of sp³-hybridized carbons (Fsp3) is 0.423. The highest BCUT2D eigenvalue weighted by Gasteiger charge is 2.17. The Balaban J connectivity index is 0.000000757. The summed E-state index contributed by atoms with van der Waals surface area (Å²) in [4.78, 5) is 9.05. The van der Waals surface area contributed by atoms with E-state index in [-0.39, 0.29) is 0 Å². The molecule has 3 aromatic rings. The van der Waals surface area contributed by atoms with E-state index in [0.29, 0.717) is 5.84 Å². The normalized spacial score (nSPS) is 16.2. The molecule has 3 N–H and O–H groups in total. The zero-order valence-electron chi connectivity index (χ0n) is 19.2. The molecule has 1 atom stereocenters. The Morgan fingerprint density at radius 3 is 2.63 bits per heavy atom. The summed E-state index contributed by atoms with van der Waals surface area (Å²) in [5, 5.41) is 3.26. The zero-order chi connectivity index (χ0) is 21.9. The number of allylic oxidation sites excluding steroid dienone is 2. The third kappa shape index (κ3) is 5.85. The van der Waals surface area contributed by atoms with Crippen LogP contribution in [0.1, 0.15) is 77.2 Å². The fourth-order valence-electron chi connectivity index (χ4n) is 3.87. The quantitative estimate of drug-likeness (QED) is 0.314. The van der Waals surface area contributed by atoms with Crippen LogP contribution in [-0.4, -0.2) is 10.8 Å². The first-order chi connectivity index (χ1) is 14.7. The van der Waals surface area contributed by atoms with Gasteiger partial charge in [-0.1, -0.05) is 59.6 Å². The summed E-state index contributed by atoms with van der Waals surface area (Å²) in [5.74, 6) is 1.44. The number of nitrogens with zero attached hydrogens (tertiary/aromatic N) is 1. The van der Waals surface area contributed by atoms with Crippen molar-refractivity contribution < 1.29 is 0 Å². The second-order valence-electron chi connectivity index (χ2n) is 7.07. The number of H-pyrrole nitrogens is 1. The van der Waals surface area contributed by atoms with Gasteiger partial charge in [0.25, 0.3) is 0 Å². The van der Waals surface area contributed by atoms with Crippen molar-refractivity contribution in [1.82, 2.24) is 4.98 Å². The standard InChI is InChI=1S/C22H25N3S.2C2H6/c1-2-4-15-6-8-16(9-7-15)19-14-24-20-11-10-17(13-18(19)20)25-22(23)21-5-3-12-26-21;2*1-2/h3,5,8,10-15,24H,2,4,6-7,9H2,1H3,(H2,23,25);2*1-2H3. The van der Waals surface area contributed by atoms with Crippen molar-refractivity contribution in [2.45, 2.75) is 66.7 Å². The molecule has 4 heteroatoms. The van der Waals surface area contributed by atoms with Crippen LogP contribution >= 0.6 is 11.3 Å². The molecule has 2 aromatic heterocycles. The minimum atomic E-state index is 0.579. The Morgan fingerprint density at radius 1 is 1.20 bits per heavy atom. The van der Waals surface area contributed by atoms with Gasteiger partial charge in [0.2, 0.25) is 0 Å². The van der Waals surface area contributed by atoms with Crippen molar-refractivity contribution in [3.8, 4) is 0 Å². The van der Waals surface area contributed by atoms with Crippen LogP contribution in [0.3, 0.4) is 0 Å². The van der Waals surface area contributed by atoms with Crippen LogP contribution < -0.4 is 5.73 Å². The second kappa shape index (κ2) is 12.4. The first kappa shape index (κ1) is 23.9. The maximum Gasteiger partial charge on any atom is 0.141 e. The van der Waals surface area contributed by atoms with E-state index in [1.54, 1.807) is 11.3 Å². The van der Waals surface area contributed by atoms with E-state index in [1.807, 2.05) is 51.3 Å². The predicted molar refractivity (Wildman–Crippen MR) is 136 cm³/mol. The monoisotopic (exact) mass is 423 g/mol. The first-order valence-corrected chi connectivity index (χ1v) is 12.3. The molecule has 30 heavy (non-hydrogen) atoms. The number of nitrogens with one attached hydrogen (secondary N) is 1. The number of aromatic nitrogens is 1. The smallest absolute Gasteiger partial charge is 0.141 e. The van der Waals surface area contributed by atoms with E-state index in [1.165, 1.54) is 48.6 Å². The Labute approximate surface area is 186 Å². The summed E-state index contributed by atoms with van der Waals surface area (Å²) in [6.07, 6.45) is 10.9. The van der Waals surface area contributed by atoms with Gasteiger partial charge < -0.3 is 10.7 Å². The topological polar surface area (TPSA) is 54.2 Å². The Bertz CT molecular complexity index is 948. The molecule has 0 aliphatic heterocycles. The van der Waals surface area contributed by atoms with Gasteiger partial charge >= 0.3 is 0 Å². The van der Waals surface area contributed by atoms with Crippen LogP contribution in [0.25, 0.3) is 16.5 Å². The molecule has 162 valence electrons. The minimum Gasteiger partial charge on any atom is -0.383 e. The molecule has 0 saturated heterocycles. The van der Waals surface area contributed by atoms with Crippen LogP contribution in [0.4, 0.5) is 5.69 Å². The second-order valence-corrected chi connectivity index (χ2v) is 8.01. The summed E-state index contributed by atoms with van der Waals surface area (Å²) in [6, 6.07) is 10.3. The maximum atomic E-state index is 6.16. The number of hydrogen-bond donors (Lipinski definition) is 2. The highest BCUT2D eigenvalue weighted by atomic mass is 32.1. The highest BCUT2D eigenvalue weighted by Crippen LogP contribution is 2.36. The number of benzene rings is 1. The molecule has 0 amide bonds. The number of thiophene rings is 1. The van der Waals surface area contributed by atoms with Crippen molar-refractivity contribution >= 4 is 39.3 Å². The lowest BCUT2D eigenvalue weighted by Gasteiger charge is -2.21. The van der Waals surface area contributed by atoms with Crippen LogP contribution in [0, 0.1) is 5.92 Å². The lowest BCUT2D eigenvalue weighted by Crippen LogP contribution is -2.10. The lowest BCUT2D eigenvalue weighted by molar-refractivity contribution is 0.445. The third-order valence-electron chi connectivity index (χ3n) is 5.25. The highest BCUT2D eigenvalue weighted by molar-refractivity contribution is 7.12. The van der Waals surface area contributed by atoms with Crippen molar-refractivity contribution in [1.29, 1.82) is 0 Å². The van der Waals surface area contributed by atoms with Crippen LogP contribution in [0.5, 0.6) is 0 Å². The van der Waals surface area contributed by atoms with Gasteiger partial charge in [0.05, 0.1) is 10.6 Å². The molecule has 0 bridgehead atoms. The van der Waals surface area contributed by atoms with Crippen LogP contribution in [0.2, 0.25) is 0 Å². The molecule has 0 spiro atoms. The summed E-state index contributed by atoms with van der Waals surface area (Å²) in [5.41, 5.74) is 11.0. The van der Waals surface area contributed by atoms with Gasteiger partial charge in [0, 0.05) is 22.7 Å². The Kier molecular flexibility index (Phi) is 9.88. The molecule has 4 rings (SSSR count). The summed E-state index contributed by atoms with van der Waals surface area (Å²) >= 11 is 1.61. The van der Waals surface area contributed by atoms with Gasteiger partial charge in [-0.2, -0.15) is 0 Å². The number of rotatable bonds is 5. The van der Waals surface area contributed by atoms with Crippen molar-refractivity contribution in [2.24, 2.45) is 16.6 Å². The molecule has 2 heterocycles. The van der Waals surface area contributed by atoms with Crippen molar-refractivity contribution in [3.05, 3.63) is 58.4 Å². The number of nitrogens with two attached hydrogens (primary N) is 1. The molecular weight excluding hydrogens is 386 g/mol. The Hall–Kier alpha value is -2.33. The molecule has 3 nitrogen and oxygen atoms in total. The van der Waals surface area contributed by atoms with E-state index in [4.69, 9.17) is 5.73 Å². The zero-order valence-corrected chi connectivity index (χ0v) is 20.0. The minimum absolute atomic E-state index is 0.579. The number of hydrogen-bond acceptors (Lipinski definition) is 2. The molecule has 0 fully saturated rings. The van der Waals surface area contributed by atoms with E-state index in [0.717, 1.165) is 22.0 Å². The van der Waals surface area contributed by atoms with E-state index in [9.17, 15) is 0 Å². The average Bonchev–Trinajstić information content (AvgIpc) is 3.48. The molecule has 1 unspecified atom stereocenters. The van der Waals surface area contributed by atoms with Gasteiger partial charge in [0.1, 0.15) is 5.84 Å². The van der Waals surface area contributed by atoms with Crippen LogP contribution in [-0.2, 0) is 0 Å². The van der Waals surface area contributed by atoms with E-state index >= 15 is 0 Å². The summed E-state index contributed by atoms with van der Waals surface area (Å²) in [6.45, 7) is 10.3. The number of aliphatic imine (C=N–C) groups is 1. The SMILES string of the molecule is CC.CC.CCCC1CC=C(c2c[nH]c3ccc(N=C(N)c4cccs4)cc23)CC1. The maximum absolute atomic E-state index is 6.16. The molecule has 1 aliphatic rings. The number of fused-ring (bicyclic) bond motifs is 1. The number of aromatic amines is 1. The van der Waals surface area contributed by atoms with Crippen molar-refractivity contribution in [2.75, 3.05) is 0 Å². The average molecular weight is 424 g/mol. The summed E-state index contributed by atoms with van der Waals surface area (Å²) < 4.78 is 0. The van der Waals surface area contributed by atoms with Gasteiger partial charge in [-0.3, -0.25) is 0 Å². The van der Waals surface area contributed by atoms with Crippen LogP contribution in [0.15, 0.2) is 53.0 Å². The molecule has 0 saturated carbocycles. The van der Waals surface area contributed by atoms with Gasteiger partial charge in [-0.15, -0.1) is 11.3 Å². The Morgan fingerprint density at radius 2 is 2.00 bits per heavy atom. The lowest BCUT2D eigenvalue weighted by atomic mass is 9.84. The molecule has 1 aromatic carbocycles. The fourth-order valence-corrected chi connectivity index (χ4v) is 4.49. The molecule has 1 aliphatic carbocycles. The third-order valence-corrected chi connectivity index (χ3v) is 6.14.